The normalized spacial score (nSPS) is 15.1. The number of sulfonamides is 1. The zero-order chi connectivity index (χ0) is 23.6. The molecule has 0 radical (unpaired) electrons. The lowest BCUT2D eigenvalue weighted by Crippen LogP contribution is -2.38. The average Bonchev–Trinajstić information content (AvgIpc) is 2.82. The molecule has 174 valence electrons. The summed E-state index contributed by atoms with van der Waals surface area (Å²) in [6.07, 6.45) is 5.02. The van der Waals surface area contributed by atoms with E-state index in [9.17, 15) is 18.0 Å². The predicted molar refractivity (Wildman–Crippen MR) is 128 cm³/mol. The third kappa shape index (κ3) is 4.84. The largest absolute Gasteiger partial charge is 0.326 e. The van der Waals surface area contributed by atoms with Gasteiger partial charge in [0, 0.05) is 31.2 Å². The van der Waals surface area contributed by atoms with Gasteiger partial charge in [0.25, 0.3) is 5.56 Å². The van der Waals surface area contributed by atoms with Gasteiger partial charge in [-0.25, -0.2) is 13.1 Å². The second kappa shape index (κ2) is 9.44. The highest BCUT2D eigenvalue weighted by molar-refractivity contribution is 7.89. The van der Waals surface area contributed by atoms with Crippen LogP contribution < -0.4 is 10.9 Å². The van der Waals surface area contributed by atoms with Crippen LogP contribution in [0.25, 0.3) is 10.8 Å². The van der Waals surface area contributed by atoms with E-state index in [2.05, 4.69) is 10.4 Å². The Morgan fingerprint density at radius 3 is 2.36 bits per heavy atom. The lowest BCUT2D eigenvalue weighted by Gasteiger charge is -2.30. The van der Waals surface area contributed by atoms with Crippen molar-refractivity contribution in [2.45, 2.75) is 49.5 Å². The molecule has 1 aliphatic rings. The Hall–Kier alpha value is -3.04. The van der Waals surface area contributed by atoms with Gasteiger partial charge in [0.1, 0.15) is 0 Å². The molecule has 2 aromatic carbocycles. The molecule has 3 aromatic rings. The highest BCUT2D eigenvalue weighted by Crippen LogP contribution is 2.27. The van der Waals surface area contributed by atoms with Crippen molar-refractivity contribution in [2.75, 3.05) is 12.4 Å². The van der Waals surface area contributed by atoms with Crippen molar-refractivity contribution in [1.29, 1.82) is 0 Å². The SMILES string of the molecule is CN(C1CCCCC1)S(=O)(=O)c1ccc(NC(=O)Cc2nn(C)c(=O)c3ccccc23)cc1. The molecule has 33 heavy (non-hydrogen) atoms. The molecule has 0 saturated heterocycles. The Morgan fingerprint density at radius 1 is 1.06 bits per heavy atom. The van der Waals surface area contributed by atoms with Gasteiger partial charge in [0.05, 0.1) is 22.4 Å². The third-order valence-corrected chi connectivity index (χ3v) is 8.19. The first-order chi connectivity index (χ1) is 15.8. The Labute approximate surface area is 193 Å². The van der Waals surface area contributed by atoms with Crippen molar-refractivity contribution in [1.82, 2.24) is 14.1 Å². The van der Waals surface area contributed by atoms with E-state index in [1.807, 2.05) is 0 Å². The van der Waals surface area contributed by atoms with Gasteiger partial charge >= 0.3 is 0 Å². The van der Waals surface area contributed by atoms with Gasteiger partial charge in [-0.15, -0.1) is 0 Å². The molecule has 9 heteroatoms. The molecule has 0 unspecified atom stereocenters. The van der Waals surface area contributed by atoms with Crippen molar-refractivity contribution in [2.24, 2.45) is 7.05 Å². The zero-order valence-corrected chi connectivity index (χ0v) is 19.6. The minimum Gasteiger partial charge on any atom is -0.326 e. The first-order valence-corrected chi connectivity index (χ1v) is 12.5. The summed E-state index contributed by atoms with van der Waals surface area (Å²) in [5.41, 5.74) is 0.775. The molecule has 0 aliphatic heterocycles. The van der Waals surface area contributed by atoms with Gasteiger partial charge in [-0.1, -0.05) is 37.5 Å². The molecule has 4 rings (SSSR count). The molecular formula is C24H28N4O4S. The summed E-state index contributed by atoms with van der Waals surface area (Å²) in [5, 5.41) is 8.19. The summed E-state index contributed by atoms with van der Waals surface area (Å²) < 4.78 is 28.7. The molecule has 1 fully saturated rings. The standard InChI is InChI=1S/C24H28N4O4S/c1-27-24(30)21-11-7-6-10-20(21)22(26-27)16-23(29)25-17-12-14-19(15-13-17)33(31,32)28(2)18-8-4-3-5-9-18/h6-7,10-15,18H,3-5,8-9,16H2,1-2H3,(H,25,29). The van der Waals surface area contributed by atoms with Crippen LogP contribution in [0.15, 0.2) is 58.2 Å². The molecule has 1 N–H and O–H groups in total. The molecule has 1 aromatic heterocycles. The highest BCUT2D eigenvalue weighted by Gasteiger charge is 2.29. The maximum atomic E-state index is 13.0. The molecule has 0 atom stereocenters. The Morgan fingerprint density at radius 2 is 1.70 bits per heavy atom. The number of aryl methyl sites for hydroxylation is 1. The van der Waals surface area contributed by atoms with Crippen LogP contribution in [-0.4, -0.2) is 41.5 Å². The van der Waals surface area contributed by atoms with Crippen molar-refractivity contribution >= 4 is 32.4 Å². The fraction of sp³-hybridized carbons (Fsp3) is 0.375. The van der Waals surface area contributed by atoms with Crippen molar-refractivity contribution in [3.63, 3.8) is 0 Å². The number of hydrogen-bond donors (Lipinski definition) is 1. The Balaban J connectivity index is 1.47. The van der Waals surface area contributed by atoms with E-state index in [-0.39, 0.29) is 28.8 Å². The predicted octanol–water partition coefficient (Wildman–Crippen LogP) is 3.07. The monoisotopic (exact) mass is 468 g/mol. The summed E-state index contributed by atoms with van der Waals surface area (Å²) in [7, 11) is -0.388. The summed E-state index contributed by atoms with van der Waals surface area (Å²) in [4.78, 5) is 25.1. The lowest BCUT2D eigenvalue weighted by atomic mass is 9.96. The van der Waals surface area contributed by atoms with Crippen LogP contribution in [0.2, 0.25) is 0 Å². The van der Waals surface area contributed by atoms with Crippen molar-refractivity contribution < 1.29 is 13.2 Å². The Kier molecular flexibility index (Phi) is 6.62. The maximum Gasteiger partial charge on any atom is 0.274 e. The van der Waals surface area contributed by atoms with Crippen LogP contribution in [-0.2, 0) is 28.3 Å². The zero-order valence-electron chi connectivity index (χ0n) is 18.8. The average molecular weight is 469 g/mol. The summed E-state index contributed by atoms with van der Waals surface area (Å²) >= 11 is 0. The van der Waals surface area contributed by atoms with Gasteiger partial charge in [-0.05, 0) is 43.2 Å². The summed E-state index contributed by atoms with van der Waals surface area (Å²) in [6.45, 7) is 0. The molecule has 1 amide bonds. The topological polar surface area (TPSA) is 101 Å². The van der Waals surface area contributed by atoms with Crippen LogP contribution in [0.4, 0.5) is 5.69 Å². The van der Waals surface area contributed by atoms with Gasteiger partial charge in [0.15, 0.2) is 0 Å². The fourth-order valence-corrected chi connectivity index (χ4v) is 5.80. The number of carbonyl (C=O) groups is 1. The van der Waals surface area contributed by atoms with Crippen molar-refractivity contribution in [3.8, 4) is 0 Å². The quantitative estimate of drug-likeness (QED) is 0.599. The molecule has 8 nitrogen and oxygen atoms in total. The fourth-order valence-electron chi connectivity index (χ4n) is 4.38. The van der Waals surface area contributed by atoms with E-state index in [1.165, 1.54) is 21.1 Å². The molecular weight excluding hydrogens is 440 g/mol. The number of anilines is 1. The van der Waals surface area contributed by atoms with E-state index < -0.39 is 10.0 Å². The molecule has 1 heterocycles. The lowest BCUT2D eigenvalue weighted by molar-refractivity contribution is -0.115. The van der Waals surface area contributed by atoms with E-state index in [1.54, 1.807) is 50.5 Å². The third-order valence-electron chi connectivity index (χ3n) is 6.26. The van der Waals surface area contributed by atoms with E-state index in [0.717, 1.165) is 32.1 Å². The number of benzene rings is 2. The summed E-state index contributed by atoms with van der Waals surface area (Å²) in [5.74, 6) is -0.304. The molecule has 0 bridgehead atoms. The van der Waals surface area contributed by atoms with Crippen LogP contribution in [0.3, 0.4) is 0 Å². The smallest absolute Gasteiger partial charge is 0.274 e. The van der Waals surface area contributed by atoms with E-state index >= 15 is 0 Å². The number of nitrogens with one attached hydrogen (secondary N) is 1. The van der Waals surface area contributed by atoms with Crippen LogP contribution in [0.5, 0.6) is 0 Å². The first kappa shape index (κ1) is 23.1. The van der Waals surface area contributed by atoms with Gasteiger partial charge in [-0.2, -0.15) is 9.40 Å². The number of fused-ring (bicyclic) bond motifs is 1. The van der Waals surface area contributed by atoms with Gasteiger partial charge < -0.3 is 5.32 Å². The number of aromatic nitrogens is 2. The van der Waals surface area contributed by atoms with Crippen molar-refractivity contribution in [3.05, 3.63) is 64.6 Å². The second-order valence-electron chi connectivity index (χ2n) is 8.48. The minimum absolute atomic E-state index is 0.0148. The first-order valence-electron chi connectivity index (χ1n) is 11.1. The minimum atomic E-state index is -3.59. The molecule has 1 aliphatic carbocycles. The van der Waals surface area contributed by atoms with E-state index in [0.29, 0.717) is 22.2 Å². The van der Waals surface area contributed by atoms with Crippen LogP contribution in [0, 0.1) is 0 Å². The van der Waals surface area contributed by atoms with Crippen LogP contribution in [0.1, 0.15) is 37.8 Å². The van der Waals surface area contributed by atoms with E-state index in [4.69, 9.17) is 0 Å². The Bertz CT molecular complexity index is 1330. The van der Waals surface area contributed by atoms with Gasteiger partial charge in [0.2, 0.25) is 15.9 Å². The second-order valence-corrected chi connectivity index (χ2v) is 10.5. The summed E-state index contributed by atoms with van der Waals surface area (Å²) in [6, 6.07) is 13.3. The number of nitrogens with zero attached hydrogens (tertiary/aromatic N) is 3. The molecule has 1 saturated carbocycles. The number of hydrogen-bond acceptors (Lipinski definition) is 5. The van der Waals surface area contributed by atoms with Crippen LogP contribution >= 0.6 is 0 Å². The number of amides is 1. The molecule has 0 spiro atoms. The van der Waals surface area contributed by atoms with Gasteiger partial charge in [-0.3, -0.25) is 9.59 Å². The highest BCUT2D eigenvalue weighted by atomic mass is 32.2. The maximum absolute atomic E-state index is 13.0. The number of carbonyl (C=O) groups excluding carboxylic acids is 1. The number of rotatable bonds is 6.